The fourth-order valence-corrected chi connectivity index (χ4v) is 4.02. The molecule has 2 aromatic heterocycles. The number of aromatic amines is 1. The van der Waals surface area contributed by atoms with Crippen molar-refractivity contribution < 1.29 is 13.6 Å². The van der Waals surface area contributed by atoms with Crippen LogP contribution in [0, 0.1) is 6.92 Å². The van der Waals surface area contributed by atoms with Gasteiger partial charge in [0.15, 0.2) is 0 Å². The quantitative estimate of drug-likeness (QED) is 0.307. The molecule has 0 aliphatic heterocycles. The number of benzene rings is 3. The zero-order valence-electron chi connectivity index (χ0n) is 18.2. The van der Waals surface area contributed by atoms with Crippen molar-refractivity contribution in [1.82, 2.24) is 15.0 Å². The Morgan fingerprint density at radius 2 is 1.65 bits per heavy atom. The standard InChI is InChI=1S/C27H20F2N4O/c1-16-20(4-2-6-23(16)33-27(34)18-10-8-17(9-11-18)26(28)29)21-5-3-7-24-22(21)12-25(32-24)19-13-30-15-31-14-19/h2-15,26,32H,1H3,(H,33,34). The lowest BCUT2D eigenvalue weighted by atomic mass is 9.96. The van der Waals surface area contributed by atoms with Gasteiger partial charge in [-0.05, 0) is 53.9 Å². The van der Waals surface area contributed by atoms with Gasteiger partial charge in [0.2, 0.25) is 0 Å². The lowest BCUT2D eigenvalue weighted by molar-refractivity contribution is 0.102. The van der Waals surface area contributed by atoms with E-state index in [0.29, 0.717) is 11.3 Å². The number of H-pyrrole nitrogens is 1. The number of hydrogen-bond donors (Lipinski definition) is 2. The highest BCUT2D eigenvalue weighted by Gasteiger charge is 2.15. The third-order valence-corrected chi connectivity index (χ3v) is 5.83. The summed E-state index contributed by atoms with van der Waals surface area (Å²) in [7, 11) is 0. The maximum atomic E-state index is 12.8. The lowest BCUT2D eigenvalue weighted by Gasteiger charge is -2.14. The molecule has 34 heavy (non-hydrogen) atoms. The number of nitrogens with one attached hydrogen (secondary N) is 2. The molecule has 0 saturated carbocycles. The van der Waals surface area contributed by atoms with Crippen molar-refractivity contribution in [3.63, 3.8) is 0 Å². The van der Waals surface area contributed by atoms with Crippen LogP contribution in [0.4, 0.5) is 14.5 Å². The Morgan fingerprint density at radius 3 is 2.38 bits per heavy atom. The van der Waals surface area contributed by atoms with Crippen molar-refractivity contribution in [2.75, 3.05) is 5.32 Å². The van der Waals surface area contributed by atoms with Crippen LogP contribution in [0.2, 0.25) is 0 Å². The molecule has 5 nitrogen and oxygen atoms in total. The van der Waals surface area contributed by atoms with Crippen LogP contribution in [0.3, 0.4) is 0 Å². The number of rotatable bonds is 5. The first-order chi connectivity index (χ1) is 16.5. The molecule has 0 fully saturated rings. The smallest absolute Gasteiger partial charge is 0.263 e. The Bertz CT molecular complexity index is 1480. The highest BCUT2D eigenvalue weighted by atomic mass is 19.3. The first kappa shape index (κ1) is 21.5. The number of hydrogen-bond acceptors (Lipinski definition) is 3. The van der Waals surface area contributed by atoms with Crippen LogP contribution in [0.15, 0.2) is 85.5 Å². The van der Waals surface area contributed by atoms with E-state index in [4.69, 9.17) is 0 Å². The van der Waals surface area contributed by atoms with Crippen molar-refractivity contribution in [3.05, 3.63) is 102 Å². The molecule has 0 radical (unpaired) electrons. The normalized spacial score (nSPS) is 11.2. The summed E-state index contributed by atoms with van der Waals surface area (Å²) in [5.41, 5.74) is 6.54. The summed E-state index contributed by atoms with van der Waals surface area (Å²) in [6.07, 6.45) is 2.44. The van der Waals surface area contributed by atoms with Crippen LogP contribution in [0.1, 0.15) is 27.9 Å². The van der Waals surface area contributed by atoms with Crippen LogP contribution in [0.25, 0.3) is 33.3 Å². The fraction of sp³-hybridized carbons (Fsp3) is 0.0741. The first-order valence-electron chi connectivity index (χ1n) is 10.7. The van der Waals surface area contributed by atoms with Gasteiger partial charge in [-0.2, -0.15) is 0 Å². The molecule has 0 aliphatic carbocycles. The molecule has 0 atom stereocenters. The summed E-state index contributed by atoms with van der Waals surface area (Å²) in [5, 5.41) is 3.95. The van der Waals surface area contributed by atoms with E-state index in [0.717, 1.165) is 38.9 Å². The van der Waals surface area contributed by atoms with Crippen LogP contribution in [0.5, 0.6) is 0 Å². The number of amides is 1. The summed E-state index contributed by atoms with van der Waals surface area (Å²) in [6, 6.07) is 19.2. The van der Waals surface area contributed by atoms with Gasteiger partial charge in [-0.3, -0.25) is 4.79 Å². The molecular formula is C27H20F2N4O. The van der Waals surface area contributed by atoms with Gasteiger partial charge in [-0.1, -0.05) is 36.4 Å². The Morgan fingerprint density at radius 1 is 0.941 bits per heavy atom. The van der Waals surface area contributed by atoms with Crippen molar-refractivity contribution >= 4 is 22.5 Å². The second-order valence-electron chi connectivity index (χ2n) is 7.93. The van der Waals surface area contributed by atoms with Gasteiger partial charge < -0.3 is 10.3 Å². The molecule has 0 bridgehead atoms. The molecule has 1 amide bonds. The molecule has 2 heterocycles. The van der Waals surface area contributed by atoms with Gasteiger partial charge in [0, 0.05) is 51.4 Å². The van der Waals surface area contributed by atoms with Crippen LogP contribution < -0.4 is 5.32 Å². The molecule has 5 rings (SSSR count). The Labute approximate surface area is 194 Å². The van der Waals surface area contributed by atoms with Gasteiger partial charge >= 0.3 is 0 Å². The number of fused-ring (bicyclic) bond motifs is 1. The van der Waals surface area contributed by atoms with Crippen LogP contribution in [-0.4, -0.2) is 20.9 Å². The lowest BCUT2D eigenvalue weighted by Crippen LogP contribution is -2.13. The van der Waals surface area contributed by atoms with Crippen molar-refractivity contribution in [1.29, 1.82) is 0 Å². The average molecular weight is 454 g/mol. The van der Waals surface area contributed by atoms with E-state index in [2.05, 4.69) is 26.3 Å². The molecule has 5 aromatic rings. The summed E-state index contributed by atoms with van der Waals surface area (Å²) < 4.78 is 25.6. The topological polar surface area (TPSA) is 70.7 Å². The monoisotopic (exact) mass is 454 g/mol. The zero-order chi connectivity index (χ0) is 23.7. The van der Waals surface area contributed by atoms with Crippen molar-refractivity contribution in [3.8, 4) is 22.4 Å². The minimum absolute atomic E-state index is 0.115. The number of carbonyl (C=O) groups excluding carboxylic acids is 1. The highest BCUT2D eigenvalue weighted by Crippen LogP contribution is 2.35. The van der Waals surface area contributed by atoms with Gasteiger partial charge in [0.05, 0.1) is 0 Å². The second kappa shape index (κ2) is 8.86. The molecule has 0 aliphatic rings. The average Bonchev–Trinajstić information content (AvgIpc) is 3.31. The maximum Gasteiger partial charge on any atom is 0.263 e. The Hall–Kier alpha value is -4.39. The molecule has 168 valence electrons. The molecule has 7 heteroatoms. The highest BCUT2D eigenvalue weighted by molar-refractivity contribution is 6.06. The van der Waals surface area contributed by atoms with E-state index in [1.807, 2.05) is 43.3 Å². The minimum Gasteiger partial charge on any atom is -0.354 e. The van der Waals surface area contributed by atoms with E-state index in [-0.39, 0.29) is 11.5 Å². The number of carbonyl (C=O) groups is 1. The van der Waals surface area contributed by atoms with Gasteiger partial charge in [-0.15, -0.1) is 0 Å². The summed E-state index contributed by atoms with van der Waals surface area (Å²) in [6.45, 7) is 1.95. The summed E-state index contributed by atoms with van der Waals surface area (Å²) >= 11 is 0. The Balaban J connectivity index is 1.49. The molecule has 0 saturated heterocycles. The number of halogens is 2. The van der Waals surface area contributed by atoms with E-state index in [1.54, 1.807) is 12.4 Å². The molecule has 3 aromatic carbocycles. The zero-order valence-corrected chi connectivity index (χ0v) is 18.2. The number of nitrogens with zero attached hydrogens (tertiary/aromatic N) is 2. The minimum atomic E-state index is -2.57. The van der Waals surface area contributed by atoms with Crippen molar-refractivity contribution in [2.45, 2.75) is 13.3 Å². The van der Waals surface area contributed by atoms with E-state index < -0.39 is 6.43 Å². The summed E-state index contributed by atoms with van der Waals surface area (Å²) in [4.78, 5) is 24.4. The number of anilines is 1. The van der Waals surface area contributed by atoms with Crippen molar-refractivity contribution in [2.24, 2.45) is 0 Å². The van der Waals surface area contributed by atoms with E-state index in [9.17, 15) is 13.6 Å². The predicted octanol–water partition coefficient (Wildman–Crippen LogP) is 6.79. The van der Waals surface area contributed by atoms with Gasteiger partial charge in [0.1, 0.15) is 6.33 Å². The summed E-state index contributed by atoms with van der Waals surface area (Å²) in [5.74, 6) is -0.354. The third-order valence-electron chi connectivity index (χ3n) is 5.83. The van der Waals surface area contributed by atoms with E-state index in [1.165, 1.54) is 30.6 Å². The predicted molar refractivity (Wildman–Crippen MR) is 129 cm³/mol. The fourth-order valence-electron chi connectivity index (χ4n) is 4.02. The molecular weight excluding hydrogens is 434 g/mol. The molecule has 0 spiro atoms. The molecule has 0 unspecified atom stereocenters. The first-order valence-corrected chi connectivity index (χ1v) is 10.7. The largest absolute Gasteiger partial charge is 0.354 e. The van der Waals surface area contributed by atoms with E-state index >= 15 is 0 Å². The molecule has 2 N–H and O–H groups in total. The van der Waals surface area contributed by atoms with Gasteiger partial charge in [0.25, 0.3) is 12.3 Å². The second-order valence-corrected chi connectivity index (χ2v) is 7.93. The van der Waals surface area contributed by atoms with Gasteiger partial charge in [-0.25, -0.2) is 18.7 Å². The van der Waals surface area contributed by atoms with Crippen LogP contribution >= 0.6 is 0 Å². The Kier molecular flexibility index (Phi) is 5.59. The maximum absolute atomic E-state index is 12.8. The number of alkyl halides is 2. The number of aromatic nitrogens is 3. The third kappa shape index (κ3) is 4.03. The van der Waals surface area contributed by atoms with Crippen LogP contribution in [-0.2, 0) is 0 Å². The SMILES string of the molecule is Cc1c(NC(=O)c2ccc(C(F)F)cc2)cccc1-c1cccc2[nH]c(-c3cncnc3)cc12.